The third-order valence-electron chi connectivity index (χ3n) is 2.40. The molecule has 0 amide bonds. The van der Waals surface area contributed by atoms with Gasteiger partial charge in [-0.3, -0.25) is 0 Å². The highest BCUT2D eigenvalue weighted by atomic mass is 32.2. The number of sulfonamides is 1. The summed E-state index contributed by atoms with van der Waals surface area (Å²) in [4.78, 5) is 0. The van der Waals surface area contributed by atoms with Crippen molar-refractivity contribution in [2.24, 2.45) is 5.73 Å². The second-order valence-corrected chi connectivity index (χ2v) is 6.00. The minimum absolute atomic E-state index is 0.0425. The van der Waals surface area contributed by atoms with Gasteiger partial charge in [0.2, 0.25) is 10.0 Å². The maximum Gasteiger partial charge on any atom is 0.215 e. The van der Waals surface area contributed by atoms with E-state index in [2.05, 4.69) is 4.72 Å². The summed E-state index contributed by atoms with van der Waals surface area (Å²) < 4.78 is 26.0. The maximum atomic E-state index is 11.8. The van der Waals surface area contributed by atoms with Gasteiger partial charge in [0.05, 0.1) is 17.4 Å². The predicted octanol–water partition coefficient (Wildman–Crippen LogP) is 0.715. The van der Waals surface area contributed by atoms with E-state index in [9.17, 15) is 8.42 Å². The van der Waals surface area contributed by atoms with Crippen LogP contribution in [0.25, 0.3) is 0 Å². The van der Waals surface area contributed by atoms with Gasteiger partial charge in [0.1, 0.15) is 0 Å². The van der Waals surface area contributed by atoms with Crippen LogP contribution in [0.15, 0.2) is 24.3 Å². The van der Waals surface area contributed by atoms with Crippen molar-refractivity contribution in [2.75, 3.05) is 6.54 Å². The molecule has 0 aliphatic rings. The molecule has 0 fully saturated rings. The SMILES string of the molecule is CC(N)CCNS(=O)(=O)Cc1ccccc1C#N. The normalized spacial score (nSPS) is 12.9. The molecular weight excluding hydrogens is 250 g/mol. The van der Waals surface area contributed by atoms with Crippen molar-refractivity contribution in [3.05, 3.63) is 35.4 Å². The minimum atomic E-state index is -3.42. The molecular formula is C12H17N3O2S. The first-order valence-electron chi connectivity index (χ1n) is 5.65. The highest BCUT2D eigenvalue weighted by molar-refractivity contribution is 7.88. The molecule has 1 aromatic rings. The molecule has 6 heteroatoms. The van der Waals surface area contributed by atoms with Gasteiger partial charge in [-0.2, -0.15) is 5.26 Å². The van der Waals surface area contributed by atoms with E-state index in [1.165, 1.54) is 0 Å². The summed E-state index contributed by atoms with van der Waals surface area (Å²) in [5.41, 5.74) is 6.43. The maximum absolute atomic E-state index is 11.8. The van der Waals surface area contributed by atoms with Gasteiger partial charge in [-0.25, -0.2) is 13.1 Å². The Hall–Kier alpha value is -1.42. The lowest BCUT2D eigenvalue weighted by atomic mass is 10.1. The van der Waals surface area contributed by atoms with Gasteiger partial charge in [-0.1, -0.05) is 18.2 Å². The first kappa shape index (κ1) is 14.6. The molecule has 1 rings (SSSR count). The summed E-state index contributed by atoms with van der Waals surface area (Å²) in [6, 6.07) is 8.61. The smallest absolute Gasteiger partial charge is 0.215 e. The van der Waals surface area contributed by atoms with Crippen LogP contribution in [-0.2, 0) is 15.8 Å². The molecule has 0 aliphatic carbocycles. The number of nitrogens with two attached hydrogens (primary N) is 1. The van der Waals surface area contributed by atoms with E-state index in [-0.39, 0.29) is 11.8 Å². The van der Waals surface area contributed by atoms with Crippen molar-refractivity contribution in [3.63, 3.8) is 0 Å². The van der Waals surface area contributed by atoms with Crippen molar-refractivity contribution in [2.45, 2.75) is 25.1 Å². The Morgan fingerprint density at radius 3 is 2.72 bits per heavy atom. The fraction of sp³-hybridized carbons (Fsp3) is 0.417. The lowest BCUT2D eigenvalue weighted by Crippen LogP contribution is -2.30. The highest BCUT2D eigenvalue weighted by Crippen LogP contribution is 2.10. The van der Waals surface area contributed by atoms with Crippen LogP contribution in [0.5, 0.6) is 0 Å². The Labute approximate surface area is 108 Å². The molecule has 3 N–H and O–H groups in total. The van der Waals surface area contributed by atoms with Gasteiger partial charge >= 0.3 is 0 Å². The van der Waals surface area contributed by atoms with Crippen LogP contribution in [0.1, 0.15) is 24.5 Å². The second kappa shape index (κ2) is 6.50. The molecule has 98 valence electrons. The van der Waals surface area contributed by atoms with Gasteiger partial charge < -0.3 is 5.73 Å². The number of nitrogens with one attached hydrogen (secondary N) is 1. The predicted molar refractivity (Wildman–Crippen MR) is 70.0 cm³/mol. The number of nitriles is 1. The average molecular weight is 267 g/mol. The van der Waals surface area contributed by atoms with Crippen LogP contribution in [0.3, 0.4) is 0 Å². The summed E-state index contributed by atoms with van der Waals surface area (Å²) in [5, 5.41) is 8.88. The number of nitrogens with zero attached hydrogens (tertiary/aromatic N) is 1. The fourth-order valence-corrected chi connectivity index (χ4v) is 2.65. The summed E-state index contributed by atoms with van der Waals surface area (Å²) in [5.74, 6) is -0.185. The zero-order valence-electron chi connectivity index (χ0n) is 10.3. The Balaban J connectivity index is 2.68. The number of hydrogen-bond donors (Lipinski definition) is 2. The van der Waals surface area contributed by atoms with Crippen LogP contribution in [0, 0.1) is 11.3 Å². The molecule has 5 nitrogen and oxygen atoms in total. The molecule has 0 aliphatic heterocycles. The summed E-state index contributed by atoms with van der Waals surface area (Å²) in [6.45, 7) is 2.13. The highest BCUT2D eigenvalue weighted by Gasteiger charge is 2.13. The number of rotatable bonds is 6. The van der Waals surface area contributed by atoms with E-state index in [0.29, 0.717) is 24.1 Å². The zero-order valence-corrected chi connectivity index (χ0v) is 11.1. The van der Waals surface area contributed by atoms with E-state index in [1.54, 1.807) is 24.3 Å². The molecule has 0 radical (unpaired) electrons. The van der Waals surface area contributed by atoms with Crippen molar-refractivity contribution in [3.8, 4) is 6.07 Å². The largest absolute Gasteiger partial charge is 0.328 e. The Morgan fingerprint density at radius 2 is 2.11 bits per heavy atom. The quantitative estimate of drug-likeness (QED) is 0.793. The van der Waals surface area contributed by atoms with Crippen molar-refractivity contribution >= 4 is 10.0 Å². The summed E-state index contributed by atoms with van der Waals surface area (Å²) >= 11 is 0. The zero-order chi connectivity index (χ0) is 13.6. The van der Waals surface area contributed by atoms with Crippen molar-refractivity contribution in [1.82, 2.24) is 4.72 Å². The van der Waals surface area contributed by atoms with E-state index < -0.39 is 10.0 Å². The van der Waals surface area contributed by atoms with Gasteiger partial charge in [-0.05, 0) is 25.0 Å². The van der Waals surface area contributed by atoms with Crippen LogP contribution in [0.4, 0.5) is 0 Å². The molecule has 0 bridgehead atoms. The van der Waals surface area contributed by atoms with Gasteiger partial charge in [-0.15, -0.1) is 0 Å². The molecule has 1 aromatic carbocycles. The van der Waals surface area contributed by atoms with E-state index in [4.69, 9.17) is 11.0 Å². The van der Waals surface area contributed by atoms with E-state index >= 15 is 0 Å². The third kappa shape index (κ3) is 4.84. The lowest BCUT2D eigenvalue weighted by Gasteiger charge is -2.09. The summed E-state index contributed by atoms with van der Waals surface area (Å²) in [7, 11) is -3.42. The van der Waals surface area contributed by atoms with Gasteiger partial charge in [0.15, 0.2) is 0 Å². The lowest BCUT2D eigenvalue weighted by molar-refractivity contribution is 0.571. The molecule has 1 unspecified atom stereocenters. The Bertz CT molecular complexity index is 532. The molecule has 0 saturated carbocycles. The van der Waals surface area contributed by atoms with E-state index in [1.807, 2.05) is 13.0 Å². The third-order valence-corrected chi connectivity index (χ3v) is 3.74. The minimum Gasteiger partial charge on any atom is -0.328 e. The monoisotopic (exact) mass is 267 g/mol. The van der Waals surface area contributed by atoms with Crippen molar-refractivity contribution < 1.29 is 8.42 Å². The number of benzene rings is 1. The summed E-state index contributed by atoms with van der Waals surface area (Å²) in [6.07, 6.45) is 0.582. The van der Waals surface area contributed by atoms with Crippen LogP contribution < -0.4 is 10.5 Å². The van der Waals surface area contributed by atoms with Crippen LogP contribution >= 0.6 is 0 Å². The fourth-order valence-electron chi connectivity index (χ4n) is 1.45. The standard InChI is InChI=1S/C12H17N3O2S/c1-10(14)6-7-15-18(16,17)9-12-5-3-2-4-11(12)8-13/h2-5,10,15H,6-7,9,14H2,1H3. The van der Waals surface area contributed by atoms with Crippen molar-refractivity contribution in [1.29, 1.82) is 5.26 Å². The molecule has 1 atom stereocenters. The molecule has 0 saturated heterocycles. The Morgan fingerprint density at radius 1 is 1.44 bits per heavy atom. The van der Waals surface area contributed by atoms with Gasteiger partial charge in [0.25, 0.3) is 0 Å². The molecule has 0 aromatic heterocycles. The number of hydrogen-bond acceptors (Lipinski definition) is 4. The molecule has 18 heavy (non-hydrogen) atoms. The first-order chi connectivity index (χ1) is 8.44. The Kier molecular flexibility index (Phi) is 5.28. The van der Waals surface area contributed by atoms with Crippen LogP contribution in [0.2, 0.25) is 0 Å². The molecule has 0 spiro atoms. The second-order valence-electron chi connectivity index (χ2n) is 4.19. The van der Waals surface area contributed by atoms with E-state index in [0.717, 1.165) is 0 Å². The van der Waals surface area contributed by atoms with Gasteiger partial charge in [0, 0.05) is 12.6 Å². The average Bonchev–Trinajstić information content (AvgIpc) is 2.28. The van der Waals surface area contributed by atoms with Crippen LogP contribution in [-0.4, -0.2) is 21.0 Å². The topological polar surface area (TPSA) is 96.0 Å². The molecule has 0 heterocycles. The first-order valence-corrected chi connectivity index (χ1v) is 7.31.